The number of hydrogen-bond acceptors (Lipinski definition) is 15. The van der Waals surface area contributed by atoms with E-state index in [-0.39, 0.29) is 100 Å². The molecule has 512 valence electrons. The molecular formula is C66H86N18O12. The van der Waals surface area contributed by atoms with Gasteiger partial charge in [-0.15, -0.1) is 0 Å². The number of H-pyrrole nitrogens is 2. The van der Waals surface area contributed by atoms with Crippen molar-refractivity contribution in [1.29, 1.82) is 0 Å². The van der Waals surface area contributed by atoms with Crippen LogP contribution >= 0.6 is 0 Å². The number of aromatic hydroxyl groups is 1. The molecule has 10 amide bonds. The minimum Gasteiger partial charge on any atom is -0.508 e. The van der Waals surface area contributed by atoms with Gasteiger partial charge >= 0.3 is 0 Å². The number of aromatic amines is 2. The normalized spacial score (nSPS) is 16.6. The van der Waals surface area contributed by atoms with Gasteiger partial charge in [0.2, 0.25) is 59.1 Å². The number of nitrogens with one attached hydrogen (secondary N) is 11. The van der Waals surface area contributed by atoms with E-state index in [1.165, 1.54) is 41.7 Å². The number of aliphatic hydroxyl groups excluding tert-OH is 1. The predicted molar refractivity (Wildman–Crippen MR) is 352 cm³/mol. The average molecular weight is 1320 g/mol. The first kappa shape index (κ1) is 71.2. The quantitative estimate of drug-likeness (QED) is 0.0131. The Morgan fingerprint density at radius 3 is 1.97 bits per heavy atom. The molecule has 2 saturated heterocycles. The highest BCUT2D eigenvalue weighted by atomic mass is 16.3. The number of phenolic OH excluding ortho intramolecular Hbond substituents is 1. The summed E-state index contributed by atoms with van der Waals surface area (Å²) in [5.74, 6) is -7.72. The van der Waals surface area contributed by atoms with Gasteiger partial charge in [0.05, 0.1) is 25.0 Å². The van der Waals surface area contributed by atoms with E-state index in [1.807, 2.05) is 50.2 Å². The van der Waals surface area contributed by atoms with Crippen LogP contribution in [0.25, 0.3) is 10.9 Å². The molecule has 2 unspecified atom stereocenters. The Morgan fingerprint density at radius 2 is 1.32 bits per heavy atom. The zero-order chi connectivity index (χ0) is 68.8. The van der Waals surface area contributed by atoms with Gasteiger partial charge in [0.15, 0.2) is 5.96 Å². The first-order chi connectivity index (χ1) is 46.1. The van der Waals surface area contributed by atoms with Crippen LogP contribution in [0.5, 0.6) is 5.75 Å². The molecule has 0 aliphatic carbocycles. The molecule has 2 fully saturated rings. The second kappa shape index (κ2) is 34.5. The summed E-state index contributed by atoms with van der Waals surface area (Å²) in [5, 5.41) is 46.3. The van der Waals surface area contributed by atoms with Gasteiger partial charge in [0, 0.05) is 93.5 Å². The molecule has 6 aromatic rings. The van der Waals surface area contributed by atoms with Gasteiger partial charge in [-0.3, -0.25) is 52.9 Å². The lowest BCUT2D eigenvalue weighted by Crippen LogP contribution is -2.61. The van der Waals surface area contributed by atoms with E-state index in [0.29, 0.717) is 59.3 Å². The number of likely N-dealkylation sites (N-methyl/N-ethyl adjacent to an activating group) is 1. The standard InChI is InChI=1S/C66H86N18O12/c1-4-70-64(95)55-17-11-25-84(55)65(96)48(16-10-24-71-66(67)68)76-58(89)49(26-38(2)3)77-62(93)53(30-43-34-83(37-74-43)33-40-12-6-5-7-13-40)81-59(90)50(27-39-18-20-44(86)21-19-39)78-63(94)54(35-85)82-60(91)51(28-41-31-72-46-15-9-8-14-45(41)46)79-61(92)52(29-42-32-69-36-73-42)80-57(88)47-22-23-56(87)75-47/h5-9,12-15,18-21,31-32,34,36-38,47-55,72,85-86H,4,10-11,16-17,22-30,33,35H2,1-3H3,(H,69,73)(H,70,95)(H,75,87)(H,76,89)(H,77,93)(H,78,94)(H,79,92)(H,80,88)(H,81,90)(H,82,91)(H4,67,68,71)/t47?,48-,49-,50-,51-,52-,53+,54-,55?/m0/s1. The molecule has 9 atom stereocenters. The van der Waals surface area contributed by atoms with E-state index in [4.69, 9.17) is 11.5 Å². The summed E-state index contributed by atoms with van der Waals surface area (Å²) in [6.45, 7) is 5.50. The van der Waals surface area contributed by atoms with Gasteiger partial charge in [-0.25, -0.2) is 9.97 Å². The first-order valence-corrected chi connectivity index (χ1v) is 32.2. The largest absolute Gasteiger partial charge is 0.508 e. The van der Waals surface area contributed by atoms with Crippen molar-refractivity contribution in [3.05, 3.63) is 138 Å². The summed E-state index contributed by atoms with van der Waals surface area (Å²) >= 11 is 0. The highest BCUT2D eigenvalue weighted by Gasteiger charge is 2.40. The fourth-order valence-corrected chi connectivity index (χ4v) is 11.6. The van der Waals surface area contributed by atoms with Crippen LogP contribution in [0.3, 0.4) is 0 Å². The summed E-state index contributed by atoms with van der Waals surface area (Å²) in [6, 6.07) is 10.5. The number of rotatable bonds is 34. The van der Waals surface area contributed by atoms with Crippen molar-refractivity contribution in [3.8, 4) is 5.75 Å². The van der Waals surface area contributed by atoms with Crippen molar-refractivity contribution in [1.82, 2.24) is 77.3 Å². The number of hydrogen-bond donors (Lipinski definition) is 15. The smallest absolute Gasteiger partial charge is 0.245 e. The molecule has 8 rings (SSSR count). The molecule has 3 aromatic heterocycles. The van der Waals surface area contributed by atoms with E-state index in [2.05, 4.69) is 72.8 Å². The number of carbonyl (C=O) groups excluding carboxylic acids is 10. The molecule has 3 aromatic carbocycles. The molecule has 0 radical (unpaired) electrons. The maximum Gasteiger partial charge on any atom is 0.245 e. The highest BCUT2D eigenvalue weighted by molar-refractivity contribution is 5.99. The number of imidazole rings is 2. The Balaban J connectivity index is 1.06. The summed E-state index contributed by atoms with van der Waals surface area (Å²) in [5.41, 5.74) is 14.6. The second-order valence-electron chi connectivity index (χ2n) is 24.4. The van der Waals surface area contributed by atoms with Crippen LogP contribution in [0.4, 0.5) is 0 Å². The van der Waals surface area contributed by atoms with Crippen LogP contribution in [0.15, 0.2) is 115 Å². The SMILES string of the molecule is CCNC(=O)C1CCCN1C(=O)[C@H](CCCN=C(N)N)NC(=O)[C@H](CC(C)C)NC(=O)[C@@H](Cc1cn(Cc2ccccc2)cn1)NC(=O)[C@H](Cc1ccc(O)cc1)NC(=O)[C@H](CO)NC(=O)[C@H](Cc1c[nH]c2ccccc12)NC(=O)[C@H](Cc1cnc[nH]1)NC(=O)C1CCC(=O)N1. The summed E-state index contributed by atoms with van der Waals surface area (Å²) < 4.78 is 1.78. The van der Waals surface area contributed by atoms with E-state index >= 15 is 9.59 Å². The molecule has 30 nitrogen and oxygen atoms in total. The maximum absolute atomic E-state index is 15.1. The number of benzene rings is 3. The second-order valence-corrected chi connectivity index (χ2v) is 24.4. The van der Waals surface area contributed by atoms with Crippen molar-refractivity contribution >= 4 is 75.9 Å². The van der Waals surface area contributed by atoms with Crippen molar-refractivity contribution in [3.63, 3.8) is 0 Å². The van der Waals surface area contributed by atoms with Crippen molar-refractivity contribution in [2.75, 3.05) is 26.2 Å². The van der Waals surface area contributed by atoms with Gasteiger partial charge in [-0.05, 0) is 86.3 Å². The van der Waals surface area contributed by atoms with Crippen molar-refractivity contribution in [2.24, 2.45) is 22.4 Å². The Bertz CT molecular complexity index is 3680. The Kier molecular flexibility index (Phi) is 25.6. The number of nitrogens with two attached hydrogens (primary N) is 2. The van der Waals surface area contributed by atoms with Gasteiger partial charge < -0.3 is 89.0 Å². The van der Waals surface area contributed by atoms with E-state index < -0.39 is 108 Å². The third-order valence-corrected chi connectivity index (χ3v) is 16.5. The molecule has 2 aliphatic rings. The number of phenols is 1. The van der Waals surface area contributed by atoms with Gasteiger partial charge in [0.1, 0.15) is 60.1 Å². The molecule has 5 heterocycles. The fourth-order valence-electron chi connectivity index (χ4n) is 11.6. The summed E-state index contributed by atoms with van der Waals surface area (Å²) in [4.78, 5) is 162. The molecule has 2 aliphatic heterocycles. The van der Waals surface area contributed by atoms with Crippen LogP contribution < -0.4 is 59.3 Å². The zero-order valence-corrected chi connectivity index (χ0v) is 53.8. The molecule has 96 heavy (non-hydrogen) atoms. The predicted octanol–water partition coefficient (Wildman–Crippen LogP) is -0.997. The van der Waals surface area contributed by atoms with E-state index in [1.54, 1.807) is 48.4 Å². The lowest BCUT2D eigenvalue weighted by atomic mass is 10.0. The fraction of sp³-hybridized carbons (Fsp3) is 0.439. The van der Waals surface area contributed by atoms with Gasteiger partial charge in [0.25, 0.3) is 0 Å². The number of fused-ring (bicyclic) bond motifs is 1. The molecular weight excluding hydrogens is 1240 g/mol. The number of amides is 10. The number of aliphatic imine (C=N–C) groups is 1. The van der Waals surface area contributed by atoms with Crippen molar-refractivity contribution < 1.29 is 58.2 Å². The molecule has 17 N–H and O–H groups in total. The summed E-state index contributed by atoms with van der Waals surface area (Å²) in [7, 11) is 0. The zero-order valence-electron chi connectivity index (χ0n) is 53.8. The average Bonchev–Trinajstić information content (AvgIpc) is 1.65. The number of guanidine groups is 1. The number of carbonyl (C=O) groups is 10. The molecule has 0 bridgehead atoms. The number of nitrogens with zero attached hydrogens (tertiary/aromatic N) is 5. The molecule has 30 heteroatoms. The number of aliphatic hydroxyl groups is 1. The van der Waals surface area contributed by atoms with Crippen LogP contribution in [-0.4, -0.2) is 185 Å². The van der Waals surface area contributed by atoms with Crippen LogP contribution in [-0.2, 0) is 80.2 Å². The monoisotopic (exact) mass is 1320 g/mol. The highest BCUT2D eigenvalue weighted by Crippen LogP contribution is 2.23. The Hall–Kier alpha value is -10.7. The summed E-state index contributed by atoms with van der Waals surface area (Å²) in [6.07, 6.45) is 8.49. The number of likely N-dealkylation sites (tertiary alicyclic amines) is 1. The molecule has 0 saturated carbocycles. The lowest BCUT2D eigenvalue weighted by Gasteiger charge is -2.30. The molecule has 0 spiro atoms. The van der Waals surface area contributed by atoms with E-state index in [9.17, 15) is 48.6 Å². The number of para-hydroxylation sites is 1. The Morgan fingerprint density at radius 1 is 0.698 bits per heavy atom. The van der Waals surface area contributed by atoms with Gasteiger partial charge in [-0.1, -0.05) is 74.5 Å². The first-order valence-electron chi connectivity index (χ1n) is 32.2. The number of aromatic nitrogens is 5. The van der Waals surface area contributed by atoms with Crippen LogP contribution in [0, 0.1) is 5.92 Å². The minimum absolute atomic E-state index is 0.0495. The van der Waals surface area contributed by atoms with Crippen LogP contribution in [0.1, 0.15) is 93.8 Å². The third-order valence-electron chi connectivity index (χ3n) is 16.5. The van der Waals surface area contributed by atoms with Crippen molar-refractivity contribution in [2.45, 2.75) is 152 Å². The topological polar surface area (TPSA) is 449 Å². The third kappa shape index (κ3) is 20.4. The van der Waals surface area contributed by atoms with E-state index in [0.717, 1.165) is 5.56 Å². The Labute approximate surface area is 554 Å². The van der Waals surface area contributed by atoms with Crippen LogP contribution in [0.2, 0.25) is 0 Å². The minimum atomic E-state index is -1.79. The lowest BCUT2D eigenvalue weighted by molar-refractivity contribution is -0.142. The maximum atomic E-state index is 15.1. The van der Waals surface area contributed by atoms with Gasteiger partial charge in [-0.2, -0.15) is 0 Å².